The van der Waals surface area contributed by atoms with Crippen LogP contribution in [0.1, 0.15) is 35.1 Å². The fraction of sp³-hybridized carbons (Fsp3) is 0.273. The summed E-state index contributed by atoms with van der Waals surface area (Å²) in [7, 11) is 1.61. The minimum Gasteiger partial charge on any atom is -0.497 e. The zero-order valence-corrected chi connectivity index (χ0v) is 16.7. The third-order valence-corrected chi connectivity index (χ3v) is 6.20. The van der Waals surface area contributed by atoms with Crippen LogP contribution in [0.25, 0.3) is 16.7 Å². The first kappa shape index (κ1) is 18.1. The second kappa shape index (κ2) is 6.63. The Balaban J connectivity index is 1.41. The van der Waals surface area contributed by atoms with E-state index in [-0.39, 0.29) is 23.6 Å². The molecule has 9 heteroatoms. The van der Waals surface area contributed by atoms with E-state index in [9.17, 15) is 9.18 Å². The number of aromatic amines is 1. The van der Waals surface area contributed by atoms with Crippen molar-refractivity contribution in [2.75, 3.05) is 7.11 Å². The summed E-state index contributed by atoms with van der Waals surface area (Å²) in [5, 5.41) is 8.17. The van der Waals surface area contributed by atoms with Crippen LogP contribution in [0.4, 0.5) is 4.39 Å². The number of likely N-dealkylation sites (tertiary alicyclic amines) is 1. The van der Waals surface area contributed by atoms with E-state index in [4.69, 9.17) is 9.72 Å². The van der Waals surface area contributed by atoms with Gasteiger partial charge < -0.3 is 14.6 Å². The maximum Gasteiger partial charge on any atom is 0.259 e. The van der Waals surface area contributed by atoms with Crippen LogP contribution in [0.15, 0.2) is 48.8 Å². The molecule has 3 atom stereocenters. The topological polar surface area (TPSA) is 88.9 Å². The zero-order chi connectivity index (χ0) is 21.1. The number of rotatable bonds is 4. The van der Waals surface area contributed by atoms with E-state index in [0.717, 1.165) is 29.6 Å². The number of ether oxygens (including phenoxy) is 1. The largest absolute Gasteiger partial charge is 0.497 e. The molecule has 156 valence electrons. The highest BCUT2D eigenvalue weighted by molar-refractivity contribution is 5.99. The molecule has 1 aliphatic heterocycles. The molecule has 1 aliphatic carbocycles. The van der Waals surface area contributed by atoms with E-state index in [0.29, 0.717) is 17.4 Å². The summed E-state index contributed by atoms with van der Waals surface area (Å²) in [6, 6.07) is 9.97. The summed E-state index contributed by atoms with van der Waals surface area (Å²) >= 11 is 0. The number of fused-ring (bicyclic) bond motifs is 2. The maximum atomic E-state index is 14.9. The lowest BCUT2D eigenvalue weighted by Crippen LogP contribution is -2.35. The fourth-order valence-corrected chi connectivity index (χ4v) is 4.65. The quantitative estimate of drug-likeness (QED) is 0.550. The molecule has 1 amide bonds. The standard InChI is InChI=1S/C22H19FN6O2/c1-31-13-5-6-15-16(11-13)27-21(26-15)19-10-12-9-18(12)28(19)22(30)20-14(23)3-2-4-17(20)29-24-7-8-25-29/h2-8,11-12,18-19H,9-10H2,1H3,(H,26,27)/t12-,18-,19+/m1/s1. The summed E-state index contributed by atoms with van der Waals surface area (Å²) in [6.07, 6.45) is 4.73. The zero-order valence-electron chi connectivity index (χ0n) is 16.7. The number of benzene rings is 2. The number of imidazole rings is 1. The first-order valence-electron chi connectivity index (χ1n) is 10.2. The van der Waals surface area contributed by atoms with Crippen LogP contribution >= 0.6 is 0 Å². The van der Waals surface area contributed by atoms with Crippen LogP contribution in [-0.2, 0) is 0 Å². The molecule has 0 radical (unpaired) electrons. The van der Waals surface area contributed by atoms with Crippen LogP contribution in [0.2, 0.25) is 0 Å². The molecule has 31 heavy (non-hydrogen) atoms. The van der Waals surface area contributed by atoms with Crippen molar-refractivity contribution in [1.29, 1.82) is 0 Å². The Hall–Kier alpha value is -3.75. The highest BCUT2D eigenvalue weighted by Gasteiger charge is 2.55. The van der Waals surface area contributed by atoms with Crippen LogP contribution in [0.3, 0.4) is 0 Å². The number of aromatic nitrogens is 5. The Morgan fingerprint density at radius 2 is 2.03 bits per heavy atom. The van der Waals surface area contributed by atoms with Gasteiger partial charge in [0.2, 0.25) is 0 Å². The number of carbonyl (C=O) groups excluding carboxylic acids is 1. The molecule has 1 N–H and O–H groups in total. The average Bonchev–Trinajstić information content (AvgIpc) is 3.20. The van der Waals surface area contributed by atoms with Crippen molar-refractivity contribution in [3.63, 3.8) is 0 Å². The van der Waals surface area contributed by atoms with Gasteiger partial charge in [-0.1, -0.05) is 6.07 Å². The number of piperidine rings is 1. The second-order valence-electron chi connectivity index (χ2n) is 7.98. The maximum absolute atomic E-state index is 14.9. The molecule has 1 saturated carbocycles. The van der Waals surface area contributed by atoms with E-state index in [1.165, 1.54) is 23.3 Å². The molecule has 6 rings (SSSR count). The molecule has 2 aromatic carbocycles. The summed E-state index contributed by atoms with van der Waals surface area (Å²) in [5.41, 5.74) is 1.95. The third-order valence-electron chi connectivity index (χ3n) is 6.20. The molecule has 2 aromatic heterocycles. The van der Waals surface area contributed by atoms with Gasteiger partial charge in [-0.2, -0.15) is 15.0 Å². The Labute approximate surface area is 176 Å². The number of hydrogen-bond acceptors (Lipinski definition) is 5. The monoisotopic (exact) mass is 418 g/mol. The predicted molar refractivity (Wildman–Crippen MR) is 109 cm³/mol. The fourth-order valence-electron chi connectivity index (χ4n) is 4.65. The van der Waals surface area contributed by atoms with Crippen molar-refractivity contribution in [3.8, 4) is 11.4 Å². The van der Waals surface area contributed by atoms with Gasteiger partial charge in [-0.25, -0.2) is 9.37 Å². The van der Waals surface area contributed by atoms with Crippen molar-refractivity contribution < 1.29 is 13.9 Å². The highest BCUT2D eigenvalue weighted by atomic mass is 19.1. The smallest absolute Gasteiger partial charge is 0.259 e. The lowest BCUT2D eigenvalue weighted by molar-refractivity contribution is 0.0687. The van der Waals surface area contributed by atoms with Gasteiger partial charge in [0.05, 0.1) is 36.6 Å². The van der Waals surface area contributed by atoms with Crippen LogP contribution in [0, 0.1) is 11.7 Å². The minimum atomic E-state index is -0.586. The van der Waals surface area contributed by atoms with Gasteiger partial charge in [-0.3, -0.25) is 4.79 Å². The summed E-state index contributed by atoms with van der Waals surface area (Å²) in [6.45, 7) is 0. The number of H-pyrrole nitrogens is 1. The molecular weight excluding hydrogens is 399 g/mol. The molecule has 2 aliphatic rings. The molecule has 0 spiro atoms. The lowest BCUT2D eigenvalue weighted by Gasteiger charge is -2.27. The Bertz CT molecular complexity index is 1300. The number of nitrogens with one attached hydrogen (secondary N) is 1. The molecule has 3 heterocycles. The van der Waals surface area contributed by atoms with Gasteiger partial charge in [0.15, 0.2) is 0 Å². The number of nitrogens with zero attached hydrogens (tertiary/aromatic N) is 5. The number of halogens is 1. The molecule has 2 fully saturated rings. The Morgan fingerprint density at radius 3 is 2.84 bits per heavy atom. The van der Waals surface area contributed by atoms with Gasteiger partial charge in [0.25, 0.3) is 5.91 Å². The SMILES string of the molecule is COc1ccc2nc([C@@H]3C[C@H]4C[C@H]4N3C(=O)c3c(F)cccc3-n3nccn3)[nH]c2c1. The van der Waals surface area contributed by atoms with Crippen molar-refractivity contribution in [2.45, 2.75) is 24.9 Å². The molecule has 0 bridgehead atoms. The Morgan fingerprint density at radius 1 is 1.19 bits per heavy atom. The van der Waals surface area contributed by atoms with E-state index in [1.807, 2.05) is 18.2 Å². The van der Waals surface area contributed by atoms with Gasteiger partial charge in [0.1, 0.15) is 28.6 Å². The van der Waals surface area contributed by atoms with Crippen LogP contribution in [-0.4, -0.2) is 48.9 Å². The Kier molecular flexibility index (Phi) is 3.86. The van der Waals surface area contributed by atoms with Crippen LogP contribution in [0.5, 0.6) is 5.75 Å². The summed E-state index contributed by atoms with van der Waals surface area (Å²) < 4.78 is 20.2. The number of hydrogen-bond donors (Lipinski definition) is 1. The first-order chi connectivity index (χ1) is 15.1. The number of methoxy groups -OCH3 is 1. The van der Waals surface area contributed by atoms with E-state index < -0.39 is 5.82 Å². The molecular formula is C22H19FN6O2. The third kappa shape index (κ3) is 2.80. The van der Waals surface area contributed by atoms with Crippen molar-refractivity contribution in [3.05, 3.63) is 66.0 Å². The van der Waals surface area contributed by atoms with Crippen molar-refractivity contribution in [1.82, 2.24) is 29.9 Å². The highest BCUT2D eigenvalue weighted by Crippen LogP contribution is 2.53. The molecule has 0 unspecified atom stereocenters. The van der Waals surface area contributed by atoms with Crippen molar-refractivity contribution >= 4 is 16.9 Å². The van der Waals surface area contributed by atoms with Gasteiger partial charge in [0, 0.05) is 12.1 Å². The van der Waals surface area contributed by atoms with Gasteiger partial charge in [-0.15, -0.1) is 0 Å². The van der Waals surface area contributed by atoms with E-state index in [2.05, 4.69) is 15.2 Å². The molecule has 8 nitrogen and oxygen atoms in total. The van der Waals surface area contributed by atoms with Crippen LogP contribution < -0.4 is 4.74 Å². The van der Waals surface area contributed by atoms with Gasteiger partial charge >= 0.3 is 0 Å². The van der Waals surface area contributed by atoms with E-state index in [1.54, 1.807) is 24.1 Å². The second-order valence-corrected chi connectivity index (χ2v) is 7.98. The molecule has 4 aromatic rings. The van der Waals surface area contributed by atoms with Gasteiger partial charge in [-0.05, 0) is 43.0 Å². The first-order valence-corrected chi connectivity index (χ1v) is 10.2. The normalized spacial score (nSPS) is 22.0. The van der Waals surface area contributed by atoms with Crippen molar-refractivity contribution in [2.24, 2.45) is 5.92 Å². The number of amides is 1. The predicted octanol–water partition coefficient (Wildman–Crippen LogP) is 3.27. The minimum absolute atomic E-state index is 0.0194. The lowest BCUT2D eigenvalue weighted by atomic mass is 10.1. The molecule has 1 saturated heterocycles. The average molecular weight is 418 g/mol. The van der Waals surface area contributed by atoms with E-state index >= 15 is 0 Å². The number of carbonyl (C=O) groups is 1. The summed E-state index contributed by atoms with van der Waals surface area (Å²) in [5.74, 6) is 0.900. The summed E-state index contributed by atoms with van der Waals surface area (Å²) in [4.78, 5) is 24.8.